The molecular weight excluding hydrogens is 216 g/mol. The lowest BCUT2D eigenvalue weighted by Gasteiger charge is -2.05. The molecule has 1 aromatic rings. The molecule has 1 rings (SSSR count). The number of hydrogen-bond donors (Lipinski definition) is 2. The number of aromatic nitrogens is 3. The summed E-state index contributed by atoms with van der Waals surface area (Å²) in [6.45, 7) is 2.74. The van der Waals surface area contributed by atoms with Crippen LogP contribution in [0.5, 0.6) is 0 Å². The summed E-state index contributed by atoms with van der Waals surface area (Å²) in [5, 5.41) is 12.6. The number of nitrogens with zero attached hydrogens (tertiary/aromatic N) is 3. The van der Waals surface area contributed by atoms with E-state index in [1.165, 1.54) is 18.1 Å². The van der Waals surface area contributed by atoms with Gasteiger partial charge in [0.15, 0.2) is 0 Å². The van der Waals surface area contributed by atoms with Gasteiger partial charge in [0.05, 0.1) is 5.75 Å². The zero-order valence-corrected chi connectivity index (χ0v) is 9.28. The minimum absolute atomic E-state index is 0.381. The average Bonchev–Trinajstić information content (AvgIpc) is 2.65. The molecule has 0 unspecified atom stereocenters. The maximum atomic E-state index is 10.4. The first-order valence-corrected chi connectivity index (χ1v) is 5.73. The number of thioether (sulfide) groups is 1. The lowest BCUT2D eigenvalue weighted by Crippen LogP contribution is -2.32. The van der Waals surface area contributed by atoms with E-state index in [1.54, 1.807) is 4.68 Å². The summed E-state index contributed by atoms with van der Waals surface area (Å²) in [6.07, 6.45) is 1.50. The van der Waals surface area contributed by atoms with E-state index >= 15 is 0 Å². The molecule has 7 heteroatoms. The van der Waals surface area contributed by atoms with Gasteiger partial charge in [0, 0.05) is 12.3 Å². The summed E-state index contributed by atoms with van der Waals surface area (Å²) in [5.41, 5.74) is 5.36. The molecule has 1 heterocycles. The number of nitrogens with two attached hydrogens (primary N) is 1. The van der Waals surface area contributed by atoms with Crippen LogP contribution in [0.4, 0.5) is 0 Å². The Bertz CT molecular complexity index is 328. The van der Waals surface area contributed by atoms with Crippen molar-refractivity contribution in [2.24, 2.45) is 5.73 Å². The van der Waals surface area contributed by atoms with E-state index < -0.39 is 12.0 Å². The van der Waals surface area contributed by atoms with Gasteiger partial charge in [-0.15, -0.1) is 0 Å². The Kier molecular flexibility index (Phi) is 4.57. The van der Waals surface area contributed by atoms with Crippen molar-refractivity contribution in [1.82, 2.24) is 14.8 Å². The highest BCUT2D eigenvalue weighted by Gasteiger charge is 2.11. The van der Waals surface area contributed by atoms with Gasteiger partial charge in [-0.25, -0.2) is 9.67 Å². The van der Waals surface area contributed by atoms with E-state index in [9.17, 15) is 4.79 Å². The van der Waals surface area contributed by atoms with Crippen LogP contribution >= 0.6 is 11.8 Å². The van der Waals surface area contributed by atoms with Crippen molar-refractivity contribution in [1.29, 1.82) is 0 Å². The number of carboxylic acid groups (broad SMARTS) is 1. The van der Waals surface area contributed by atoms with Gasteiger partial charge in [-0.3, -0.25) is 4.79 Å². The van der Waals surface area contributed by atoms with Gasteiger partial charge in [0.25, 0.3) is 0 Å². The summed E-state index contributed by atoms with van der Waals surface area (Å²) in [6, 6.07) is -0.812. The third kappa shape index (κ3) is 3.52. The van der Waals surface area contributed by atoms with Crippen molar-refractivity contribution in [2.45, 2.75) is 25.3 Å². The molecule has 0 saturated carbocycles. The van der Waals surface area contributed by atoms with Crippen molar-refractivity contribution in [3.05, 3.63) is 12.2 Å². The van der Waals surface area contributed by atoms with Crippen LogP contribution in [0.25, 0.3) is 0 Å². The van der Waals surface area contributed by atoms with E-state index in [-0.39, 0.29) is 0 Å². The zero-order valence-electron chi connectivity index (χ0n) is 8.46. The van der Waals surface area contributed by atoms with E-state index in [0.29, 0.717) is 11.5 Å². The molecule has 0 radical (unpaired) electrons. The number of aliphatic carboxylic acids is 1. The second kappa shape index (κ2) is 5.72. The molecule has 0 aliphatic carbocycles. The SMILES string of the molecule is CCn1ncnc1CSC[C@@H](N)C(=O)O. The largest absolute Gasteiger partial charge is 0.480 e. The number of aryl methyl sites for hydroxylation is 1. The summed E-state index contributed by atoms with van der Waals surface area (Å²) in [7, 11) is 0. The normalized spacial score (nSPS) is 12.7. The highest BCUT2D eigenvalue weighted by Crippen LogP contribution is 2.10. The monoisotopic (exact) mass is 230 g/mol. The van der Waals surface area contributed by atoms with Crippen LogP contribution < -0.4 is 5.73 Å². The molecule has 0 aromatic carbocycles. The van der Waals surface area contributed by atoms with Crippen molar-refractivity contribution in [3.8, 4) is 0 Å². The average molecular weight is 230 g/mol. The van der Waals surface area contributed by atoms with Crippen LogP contribution in [-0.4, -0.2) is 37.6 Å². The van der Waals surface area contributed by atoms with Gasteiger partial charge in [0.1, 0.15) is 18.2 Å². The summed E-state index contributed by atoms with van der Waals surface area (Å²) in [5.74, 6) is 0.889. The minimum Gasteiger partial charge on any atom is -0.480 e. The smallest absolute Gasteiger partial charge is 0.321 e. The van der Waals surface area contributed by atoms with Crippen molar-refractivity contribution >= 4 is 17.7 Å². The molecule has 3 N–H and O–H groups in total. The Morgan fingerprint density at radius 1 is 1.80 bits per heavy atom. The summed E-state index contributed by atoms with van der Waals surface area (Å²) < 4.78 is 1.78. The van der Waals surface area contributed by atoms with E-state index in [1.807, 2.05) is 6.92 Å². The highest BCUT2D eigenvalue weighted by atomic mass is 32.2. The third-order valence-electron chi connectivity index (χ3n) is 1.84. The topological polar surface area (TPSA) is 94.0 Å². The molecule has 84 valence electrons. The van der Waals surface area contributed by atoms with Crippen LogP contribution in [0.3, 0.4) is 0 Å². The van der Waals surface area contributed by atoms with Gasteiger partial charge < -0.3 is 10.8 Å². The molecule has 0 spiro atoms. The summed E-state index contributed by atoms with van der Waals surface area (Å²) in [4.78, 5) is 14.5. The molecule has 0 aliphatic heterocycles. The van der Waals surface area contributed by atoms with Crippen LogP contribution in [0, 0.1) is 0 Å². The van der Waals surface area contributed by atoms with Crippen LogP contribution in [0.2, 0.25) is 0 Å². The molecule has 0 aliphatic rings. The first kappa shape index (κ1) is 12.0. The van der Waals surface area contributed by atoms with Gasteiger partial charge in [-0.2, -0.15) is 16.9 Å². The molecule has 1 aromatic heterocycles. The van der Waals surface area contributed by atoms with Crippen molar-refractivity contribution in [3.63, 3.8) is 0 Å². The number of carboxylic acids is 1. The standard InChI is InChI=1S/C8H14N4O2S/c1-2-12-7(10-5-11-12)4-15-3-6(9)8(13)14/h5-6H,2-4,9H2,1H3,(H,13,14)/t6-/m1/s1. The van der Waals surface area contributed by atoms with Crippen LogP contribution in [-0.2, 0) is 17.1 Å². The number of rotatable bonds is 6. The molecule has 6 nitrogen and oxygen atoms in total. The van der Waals surface area contributed by atoms with Gasteiger partial charge in [0.2, 0.25) is 0 Å². The van der Waals surface area contributed by atoms with E-state index in [4.69, 9.17) is 10.8 Å². The molecule has 1 atom stereocenters. The molecule has 0 bridgehead atoms. The fourth-order valence-electron chi connectivity index (χ4n) is 1.01. The Labute approximate surface area is 91.9 Å². The second-order valence-electron chi connectivity index (χ2n) is 2.95. The Morgan fingerprint density at radius 3 is 3.13 bits per heavy atom. The fourth-order valence-corrected chi connectivity index (χ4v) is 1.93. The lowest BCUT2D eigenvalue weighted by molar-refractivity contribution is -0.137. The maximum Gasteiger partial charge on any atom is 0.321 e. The highest BCUT2D eigenvalue weighted by molar-refractivity contribution is 7.98. The van der Waals surface area contributed by atoms with Gasteiger partial charge >= 0.3 is 5.97 Å². The predicted molar refractivity (Wildman–Crippen MR) is 57.5 cm³/mol. The maximum absolute atomic E-state index is 10.4. The van der Waals surface area contributed by atoms with Gasteiger partial charge in [-0.05, 0) is 6.92 Å². The second-order valence-corrected chi connectivity index (χ2v) is 3.98. The lowest BCUT2D eigenvalue weighted by atomic mass is 10.4. The molecule has 0 amide bonds. The van der Waals surface area contributed by atoms with E-state index in [0.717, 1.165) is 12.4 Å². The first-order chi connectivity index (χ1) is 7.15. The summed E-state index contributed by atoms with van der Waals surface area (Å²) >= 11 is 1.45. The Hall–Kier alpha value is -1.08. The predicted octanol–water partition coefficient (Wildman–Crippen LogP) is -0.0569. The van der Waals surface area contributed by atoms with E-state index in [2.05, 4.69) is 10.1 Å². The minimum atomic E-state index is -0.973. The van der Waals surface area contributed by atoms with Crippen LogP contribution in [0.15, 0.2) is 6.33 Å². The molecule has 15 heavy (non-hydrogen) atoms. The molecule has 0 saturated heterocycles. The zero-order chi connectivity index (χ0) is 11.3. The molecular formula is C8H14N4O2S. The molecule has 0 fully saturated rings. The number of carbonyl (C=O) groups is 1. The Balaban J connectivity index is 2.34. The number of hydrogen-bond acceptors (Lipinski definition) is 5. The third-order valence-corrected chi connectivity index (χ3v) is 2.90. The quantitative estimate of drug-likeness (QED) is 0.711. The van der Waals surface area contributed by atoms with Gasteiger partial charge in [-0.1, -0.05) is 0 Å². The van der Waals surface area contributed by atoms with Crippen molar-refractivity contribution in [2.75, 3.05) is 5.75 Å². The Morgan fingerprint density at radius 2 is 2.53 bits per heavy atom. The fraction of sp³-hybridized carbons (Fsp3) is 0.625. The van der Waals surface area contributed by atoms with Crippen molar-refractivity contribution < 1.29 is 9.90 Å². The van der Waals surface area contributed by atoms with Crippen LogP contribution in [0.1, 0.15) is 12.7 Å². The first-order valence-electron chi connectivity index (χ1n) is 4.58.